The third-order valence-electron chi connectivity index (χ3n) is 14.3. The van der Waals surface area contributed by atoms with Crippen LogP contribution in [0.25, 0.3) is 33.3 Å². The van der Waals surface area contributed by atoms with Crippen LogP contribution in [0.15, 0.2) is 54.7 Å². The molecule has 1 unspecified atom stereocenters. The number of benzene rings is 2. The Hall–Kier alpha value is -5.84. The lowest BCUT2D eigenvalue weighted by atomic mass is 9.84. The molecule has 8 rings (SSSR count). The first-order valence-electron chi connectivity index (χ1n) is 24.2. The lowest BCUT2D eigenvalue weighted by Crippen LogP contribution is -2.62. The lowest BCUT2D eigenvalue weighted by molar-refractivity contribution is -0.155. The number of phenols is 1. The summed E-state index contributed by atoms with van der Waals surface area (Å²) in [6, 6.07) is 12.4. The number of methoxy groups -OCH3 is 1. The number of pyridine rings is 1. The Morgan fingerprint density at radius 2 is 1.84 bits per heavy atom. The van der Waals surface area contributed by atoms with Crippen molar-refractivity contribution in [2.24, 2.45) is 23.2 Å². The number of aromatic hydroxyl groups is 1. The van der Waals surface area contributed by atoms with Crippen LogP contribution in [0.4, 0.5) is 0 Å². The first-order chi connectivity index (χ1) is 32.4. The van der Waals surface area contributed by atoms with Crippen molar-refractivity contribution in [3.8, 4) is 28.1 Å². The molecule has 0 aliphatic carbocycles. The van der Waals surface area contributed by atoms with Gasteiger partial charge in [-0.15, -0.1) is 0 Å². The zero-order valence-electron chi connectivity index (χ0n) is 40.9. The zero-order chi connectivity index (χ0) is 48.8. The number of hydrogen-bond acceptors (Lipinski definition) is 11. The average molecular weight is 933 g/mol. The number of carbonyl (C=O) groups excluding carboxylic acids is 5. The molecule has 6 bridgehead atoms. The summed E-state index contributed by atoms with van der Waals surface area (Å²) in [5.74, 6) is -2.67. The highest BCUT2D eigenvalue weighted by atomic mass is 16.5. The standard InChI is InChI=1S/C52H68N8O8/c1-10-59-43-16-15-33-23-37(43)38(46(59)36-13-11-17-53-44(36)31(5)67-9)24-52(6,7)28-68-51(66)40-14-12-18-60(56-40)50(65)41(21-32-19-34(33)22-35(61)20-32)55-47(62)45(29(2)3)57(8)48(63)39-27-58(26-30(39)4)49(64)42-25-54-42/h11,13,15-17,19-20,22-23,29-31,39-42,45,54,56,61H,10,12,14,18,21,24-28H2,1-9H3,(H,55,62)/t30-,31-,39+,40-,41-,42+,45?/m0/s1. The molecule has 2 aromatic carbocycles. The first kappa shape index (κ1) is 48.6. The van der Waals surface area contributed by atoms with E-state index in [0.29, 0.717) is 44.5 Å². The van der Waals surface area contributed by atoms with Crippen LogP contribution in [0.2, 0.25) is 0 Å². The van der Waals surface area contributed by atoms with Gasteiger partial charge in [-0.05, 0) is 104 Å². The Morgan fingerprint density at radius 1 is 1.07 bits per heavy atom. The monoisotopic (exact) mass is 933 g/mol. The quantitative estimate of drug-likeness (QED) is 0.123. The maximum atomic E-state index is 14.8. The van der Waals surface area contributed by atoms with Crippen molar-refractivity contribution in [1.29, 1.82) is 0 Å². The van der Waals surface area contributed by atoms with Crippen molar-refractivity contribution in [1.82, 2.24) is 40.4 Å². The molecule has 0 radical (unpaired) electrons. The topological polar surface area (TPSA) is 198 Å². The van der Waals surface area contributed by atoms with E-state index in [9.17, 15) is 29.1 Å². The van der Waals surface area contributed by atoms with Gasteiger partial charge in [0, 0.05) is 81.4 Å². The maximum absolute atomic E-state index is 14.8. The maximum Gasteiger partial charge on any atom is 0.324 e. The minimum Gasteiger partial charge on any atom is -0.508 e. The highest BCUT2D eigenvalue weighted by Gasteiger charge is 2.45. The second-order valence-electron chi connectivity index (χ2n) is 20.5. The number of hydrazine groups is 1. The molecule has 16 nitrogen and oxygen atoms in total. The summed E-state index contributed by atoms with van der Waals surface area (Å²) in [5.41, 5.74) is 9.57. The van der Waals surface area contributed by atoms with Crippen molar-refractivity contribution in [3.05, 3.63) is 71.5 Å². The van der Waals surface area contributed by atoms with E-state index in [1.807, 2.05) is 45.9 Å². The van der Waals surface area contributed by atoms with Crippen LogP contribution in [-0.2, 0) is 52.8 Å². The van der Waals surface area contributed by atoms with Crippen molar-refractivity contribution in [3.63, 3.8) is 0 Å². The number of rotatable bonds is 10. The number of likely N-dealkylation sites (N-methyl/N-ethyl adjacent to an activating group) is 1. The smallest absolute Gasteiger partial charge is 0.324 e. The van der Waals surface area contributed by atoms with Gasteiger partial charge in [-0.25, -0.2) is 5.43 Å². The molecule has 4 N–H and O–H groups in total. The first-order valence-corrected chi connectivity index (χ1v) is 24.2. The van der Waals surface area contributed by atoms with Gasteiger partial charge < -0.3 is 39.6 Å². The number of aromatic nitrogens is 2. The number of hydrogen-bond donors (Lipinski definition) is 4. The fourth-order valence-corrected chi connectivity index (χ4v) is 10.6. The average Bonchev–Trinajstić information content (AvgIpc) is 4.03. The van der Waals surface area contributed by atoms with Gasteiger partial charge in [0.1, 0.15) is 23.9 Å². The zero-order valence-corrected chi connectivity index (χ0v) is 40.9. The second kappa shape index (κ2) is 19.6. The van der Waals surface area contributed by atoms with E-state index in [2.05, 4.69) is 59.6 Å². The molecule has 4 amide bonds. The molecule has 0 spiro atoms. The van der Waals surface area contributed by atoms with Crippen molar-refractivity contribution in [2.45, 2.75) is 111 Å². The highest BCUT2D eigenvalue weighted by molar-refractivity contribution is 5.96. The van der Waals surface area contributed by atoms with E-state index >= 15 is 0 Å². The molecule has 364 valence electrons. The van der Waals surface area contributed by atoms with E-state index in [0.717, 1.165) is 44.5 Å². The van der Waals surface area contributed by atoms with Crippen LogP contribution in [0.3, 0.4) is 0 Å². The van der Waals surface area contributed by atoms with Gasteiger partial charge in [-0.3, -0.25) is 34.0 Å². The fraction of sp³-hybridized carbons (Fsp3) is 0.538. The molecule has 3 saturated heterocycles. The van der Waals surface area contributed by atoms with E-state index in [4.69, 9.17) is 14.5 Å². The van der Waals surface area contributed by atoms with Gasteiger partial charge in [-0.1, -0.05) is 46.8 Å². The number of phenolic OH excluding ortho intramolecular Hbond substituents is 1. The Bertz CT molecular complexity index is 2590. The molecular formula is C52H68N8O8. The number of cyclic esters (lactones) is 1. The molecule has 4 aliphatic heterocycles. The van der Waals surface area contributed by atoms with E-state index < -0.39 is 47.2 Å². The molecule has 7 atom stereocenters. The normalized spacial score (nSPS) is 23.8. The number of likely N-dealkylation sites (tertiary alicyclic amines) is 1. The molecule has 2 aromatic heterocycles. The summed E-state index contributed by atoms with van der Waals surface area (Å²) in [5, 5.41) is 19.8. The number of esters is 1. The molecular weight excluding hydrogens is 865 g/mol. The second-order valence-corrected chi connectivity index (χ2v) is 20.5. The van der Waals surface area contributed by atoms with Crippen LogP contribution >= 0.6 is 0 Å². The minimum atomic E-state index is -1.16. The fourth-order valence-electron chi connectivity index (χ4n) is 10.6. The van der Waals surface area contributed by atoms with Gasteiger partial charge in [-0.2, -0.15) is 0 Å². The van der Waals surface area contributed by atoms with Crippen molar-refractivity contribution >= 4 is 40.5 Å². The number of nitrogens with one attached hydrogen (secondary N) is 3. The van der Waals surface area contributed by atoms with Crippen LogP contribution in [-0.4, -0.2) is 130 Å². The van der Waals surface area contributed by atoms with Crippen molar-refractivity contribution in [2.75, 3.05) is 46.9 Å². The molecule has 6 heterocycles. The van der Waals surface area contributed by atoms with E-state index in [-0.39, 0.29) is 67.7 Å². The lowest BCUT2D eigenvalue weighted by Gasteiger charge is -2.37. The molecule has 4 aliphatic rings. The predicted octanol–water partition coefficient (Wildman–Crippen LogP) is 5.00. The number of fused-ring (bicyclic) bond motifs is 6. The largest absolute Gasteiger partial charge is 0.508 e. The number of ether oxygens (including phenoxy) is 2. The third kappa shape index (κ3) is 9.86. The van der Waals surface area contributed by atoms with Gasteiger partial charge in [0.05, 0.1) is 36.1 Å². The summed E-state index contributed by atoms with van der Waals surface area (Å²) < 4.78 is 14.2. The predicted molar refractivity (Wildman–Crippen MR) is 258 cm³/mol. The summed E-state index contributed by atoms with van der Waals surface area (Å²) in [4.78, 5) is 78.5. The summed E-state index contributed by atoms with van der Waals surface area (Å²) in [6.45, 7) is 16.3. The molecule has 0 saturated carbocycles. The van der Waals surface area contributed by atoms with Crippen molar-refractivity contribution < 1.29 is 38.6 Å². The minimum absolute atomic E-state index is 0.00676. The van der Waals surface area contributed by atoms with Gasteiger partial charge in [0.25, 0.3) is 5.91 Å². The van der Waals surface area contributed by atoms with Crippen LogP contribution < -0.4 is 16.1 Å². The van der Waals surface area contributed by atoms with Gasteiger partial charge in [0.2, 0.25) is 17.7 Å². The Balaban J connectivity index is 1.18. The summed E-state index contributed by atoms with van der Waals surface area (Å²) in [7, 11) is 3.28. The molecule has 3 fully saturated rings. The van der Waals surface area contributed by atoms with Crippen LogP contribution in [0, 0.1) is 23.2 Å². The Labute approximate surface area is 399 Å². The summed E-state index contributed by atoms with van der Waals surface area (Å²) in [6.07, 6.45) is 2.98. The summed E-state index contributed by atoms with van der Waals surface area (Å²) >= 11 is 0. The number of amides is 4. The van der Waals surface area contributed by atoms with Gasteiger partial charge >= 0.3 is 5.97 Å². The number of carbonyl (C=O) groups is 5. The van der Waals surface area contributed by atoms with E-state index in [1.54, 1.807) is 37.4 Å². The number of nitrogens with zero attached hydrogens (tertiary/aromatic N) is 5. The van der Waals surface area contributed by atoms with E-state index in [1.165, 1.54) is 9.91 Å². The molecule has 68 heavy (non-hydrogen) atoms. The number of aryl methyl sites for hydroxylation is 1. The SMILES string of the molecule is CCn1c(-c2cccnc2[C@H](C)OC)c2c3cc(ccc31)-c1cc(O)cc(c1)C[C@H](NC(=O)C(C(C)C)N(C)C(=O)[C@@H]1CN(C(=O)[C@H]3CN3)C[C@@H]1C)C(=O)N1CCC[C@H](N1)C(=O)OCC(C)(C)C2. The third-order valence-corrected chi connectivity index (χ3v) is 14.3. The van der Waals surface area contributed by atoms with Crippen LogP contribution in [0.1, 0.15) is 84.2 Å². The highest BCUT2D eigenvalue weighted by Crippen LogP contribution is 2.42. The Kier molecular flexibility index (Phi) is 14.0. The molecule has 16 heteroatoms. The molecule has 4 aromatic rings. The van der Waals surface area contributed by atoms with Crippen LogP contribution in [0.5, 0.6) is 5.75 Å². The Morgan fingerprint density at radius 3 is 2.54 bits per heavy atom. The van der Waals surface area contributed by atoms with Gasteiger partial charge in [0.15, 0.2) is 0 Å².